The molecule has 0 bridgehead atoms. The van der Waals surface area contributed by atoms with E-state index < -0.39 is 0 Å². The number of benzene rings is 1. The highest BCUT2D eigenvalue weighted by Crippen LogP contribution is 2.17. The van der Waals surface area contributed by atoms with E-state index in [1.54, 1.807) is 0 Å². The Morgan fingerprint density at radius 3 is 2.94 bits per heavy atom. The van der Waals surface area contributed by atoms with E-state index in [0.29, 0.717) is 6.61 Å². The number of fused-ring (bicyclic) bond motifs is 1. The molecule has 0 saturated heterocycles. The van der Waals surface area contributed by atoms with Gasteiger partial charge in [0.1, 0.15) is 0 Å². The molecule has 0 amide bonds. The van der Waals surface area contributed by atoms with E-state index in [1.807, 2.05) is 6.20 Å². The Morgan fingerprint density at radius 1 is 1.25 bits per heavy atom. The molecule has 0 aliphatic heterocycles. The lowest BCUT2D eigenvalue weighted by Crippen LogP contribution is -2.17. The maximum atomic E-state index is 5.65. The molecule has 0 unspecified atom stereocenters. The van der Waals surface area contributed by atoms with Crippen LogP contribution in [-0.4, -0.2) is 37.1 Å². The summed E-state index contributed by atoms with van der Waals surface area (Å²) in [6, 6.07) is 8.36. The molecule has 1 aromatic heterocycles. The molecule has 16 heavy (non-hydrogen) atoms. The summed E-state index contributed by atoms with van der Waals surface area (Å²) in [6.07, 6.45) is 1.97. The van der Waals surface area contributed by atoms with Gasteiger partial charge >= 0.3 is 0 Å². The highest BCUT2D eigenvalue weighted by Gasteiger charge is 2.01. The van der Waals surface area contributed by atoms with Crippen LogP contribution in [0.5, 0.6) is 0 Å². The topological polar surface area (TPSA) is 28.3 Å². The van der Waals surface area contributed by atoms with Gasteiger partial charge in [0.2, 0.25) is 0 Å². The first-order valence-electron chi connectivity index (χ1n) is 5.55. The Kier molecular flexibility index (Phi) is 3.59. The summed E-state index contributed by atoms with van der Waals surface area (Å²) in [4.78, 5) is 5.33. The van der Waals surface area contributed by atoms with Gasteiger partial charge in [-0.05, 0) is 31.8 Å². The van der Waals surface area contributed by atoms with E-state index in [0.717, 1.165) is 13.2 Å². The molecule has 1 aromatic carbocycles. The van der Waals surface area contributed by atoms with Crippen LogP contribution in [0.4, 0.5) is 0 Å². The molecule has 2 rings (SSSR count). The third-order valence-corrected chi connectivity index (χ3v) is 2.63. The Bertz CT molecular complexity index is 448. The van der Waals surface area contributed by atoms with Crippen molar-refractivity contribution in [3.8, 4) is 0 Å². The molecule has 1 N–H and O–H groups in total. The number of H-pyrrole nitrogens is 1. The zero-order chi connectivity index (χ0) is 11.4. The van der Waals surface area contributed by atoms with Crippen LogP contribution < -0.4 is 0 Å². The quantitative estimate of drug-likeness (QED) is 0.780. The largest absolute Gasteiger partial charge is 0.375 e. The van der Waals surface area contributed by atoms with Crippen molar-refractivity contribution in [3.05, 3.63) is 36.0 Å². The monoisotopic (exact) mass is 218 g/mol. The van der Waals surface area contributed by atoms with Gasteiger partial charge in [-0.15, -0.1) is 0 Å². The number of aromatic amines is 1. The van der Waals surface area contributed by atoms with Crippen LogP contribution in [0.2, 0.25) is 0 Å². The van der Waals surface area contributed by atoms with Crippen LogP contribution in [-0.2, 0) is 11.3 Å². The lowest BCUT2D eigenvalue weighted by molar-refractivity contribution is 0.106. The van der Waals surface area contributed by atoms with E-state index in [1.165, 1.54) is 16.5 Å². The Labute approximate surface area is 96.0 Å². The summed E-state index contributed by atoms with van der Waals surface area (Å²) >= 11 is 0. The first kappa shape index (κ1) is 11.2. The number of likely N-dealkylation sites (N-methyl/N-ethyl adjacent to an activating group) is 1. The lowest BCUT2D eigenvalue weighted by Gasteiger charge is -2.10. The van der Waals surface area contributed by atoms with E-state index in [-0.39, 0.29) is 0 Å². The van der Waals surface area contributed by atoms with E-state index in [2.05, 4.69) is 48.2 Å². The highest BCUT2D eigenvalue weighted by molar-refractivity contribution is 5.82. The predicted molar refractivity (Wildman–Crippen MR) is 66.5 cm³/mol. The zero-order valence-corrected chi connectivity index (χ0v) is 9.86. The van der Waals surface area contributed by atoms with Crippen molar-refractivity contribution >= 4 is 10.9 Å². The lowest BCUT2D eigenvalue weighted by atomic mass is 10.1. The third-order valence-electron chi connectivity index (χ3n) is 2.63. The standard InChI is InChI=1S/C13H18N2O/c1-15(2)8-9-16-10-11-4-3-5-13-12(11)6-7-14-13/h3-7,14H,8-10H2,1-2H3. The van der Waals surface area contributed by atoms with Crippen molar-refractivity contribution in [2.45, 2.75) is 6.61 Å². The molecule has 2 aromatic rings. The molecule has 0 saturated carbocycles. The minimum absolute atomic E-state index is 0.684. The molecule has 0 aliphatic rings. The Balaban J connectivity index is 1.96. The fraction of sp³-hybridized carbons (Fsp3) is 0.385. The maximum Gasteiger partial charge on any atom is 0.0724 e. The van der Waals surface area contributed by atoms with Crippen molar-refractivity contribution < 1.29 is 4.74 Å². The van der Waals surface area contributed by atoms with Crippen LogP contribution in [0.25, 0.3) is 10.9 Å². The van der Waals surface area contributed by atoms with Crippen LogP contribution in [0.1, 0.15) is 5.56 Å². The van der Waals surface area contributed by atoms with Crippen molar-refractivity contribution in [2.75, 3.05) is 27.2 Å². The zero-order valence-electron chi connectivity index (χ0n) is 9.86. The molecule has 0 atom stereocenters. The van der Waals surface area contributed by atoms with Gasteiger partial charge in [0, 0.05) is 23.6 Å². The average Bonchev–Trinajstić information content (AvgIpc) is 2.72. The normalized spacial score (nSPS) is 11.4. The van der Waals surface area contributed by atoms with E-state index in [9.17, 15) is 0 Å². The first-order chi connectivity index (χ1) is 7.77. The smallest absolute Gasteiger partial charge is 0.0724 e. The number of aromatic nitrogens is 1. The fourth-order valence-corrected chi connectivity index (χ4v) is 1.71. The second kappa shape index (κ2) is 5.14. The van der Waals surface area contributed by atoms with Gasteiger partial charge in [0.25, 0.3) is 0 Å². The maximum absolute atomic E-state index is 5.65. The van der Waals surface area contributed by atoms with Crippen LogP contribution in [0.3, 0.4) is 0 Å². The summed E-state index contributed by atoms with van der Waals surface area (Å²) in [6.45, 7) is 2.42. The molecule has 0 spiro atoms. The Hall–Kier alpha value is -1.32. The van der Waals surface area contributed by atoms with Gasteiger partial charge in [-0.1, -0.05) is 12.1 Å². The minimum Gasteiger partial charge on any atom is -0.375 e. The molecule has 86 valence electrons. The SMILES string of the molecule is CN(C)CCOCc1cccc2[nH]ccc12. The highest BCUT2D eigenvalue weighted by atomic mass is 16.5. The molecule has 0 aliphatic carbocycles. The third kappa shape index (κ3) is 2.62. The second-order valence-electron chi connectivity index (χ2n) is 4.21. The van der Waals surface area contributed by atoms with Crippen LogP contribution in [0, 0.1) is 0 Å². The van der Waals surface area contributed by atoms with Crippen molar-refractivity contribution in [3.63, 3.8) is 0 Å². The van der Waals surface area contributed by atoms with Gasteiger partial charge in [-0.2, -0.15) is 0 Å². The summed E-state index contributed by atoms with van der Waals surface area (Å²) in [5.74, 6) is 0. The van der Waals surface area contributed by atoms with Crippen LogP contribution >= 0.6 is 0 Å². The number of nitrogens with zero attached hydrogens (tertiary/aromatic N) is 1. The molecular formula is C13H18N2O. The summed E-state index contributed by atoms with van der Waals surface area (Å²) < 4.78 is 5.65. The Morgan fingerprint density at radius 2 is 2.12 bits per heavy atom. The van der Waals surface area contributed by atoms with Gasteiger partial charge in [-0.3, -0.25) is 0 Å². The molecule has 3 heteroatoms. The second-order valence-corrected chi connectivity index (χ2v) is 4.21. The van der Waals surface area contributed by atoms with Gasteiger partial charge in [0.05, 0.1) is 13.2 Å². The number of hydrogen-bond acceptors (Lipinski definition) is 2. The van der Waals surface area contributed by atoms with Crippen LogP contribution in [0.15, 0.2) is 30.5 Å². The fourth-order valence-electron chi connectivity index (χ4n) is 1.71. The molecular weight excluding hydrogens is 200 g/mol. The van der Waals surface area contributed by atoms with Gasteiger partial charge in [-0.25, -0.2) is 0 Å². The molecule has 3 nitrogen and oxygen atoms in total. The first-order valence-corrected chi connectivity index (χ1v) is 5.55. The van der Waals surface area contributed by atoms with Crippen molar-refractivity contribution in [1.82, 2.24) is 9.88 Å². The number of rotatable bonds is 5. The van der Waals surface area contributed by atoms with Gasteiger partial charge < -0.3 is 14.6 Å². The van der Waals surface area contributed by atoms with Crippen molar-refractivity contribution in [2.24, 2.45) is 0 Å². The number of hydrogen-bond donors (Lipinski definition) is 1. The molecule has 1 heterocycles. The number of ether oxygens (including phenoxy) is 1. The summed E-state index contributed by atoms with van der Waals surface area (Å²) in [5.41, 5.74) is 2.42. The predicted octanol–water partition coefficient (Wildman–Crippen LogP) is 2.25. The van der Waals surface area contributed by atoms with Gasteiger partial charge in [0.15, 0.2) is 0 Å². The van der Waals surface area contributed by atoms with E-state index >= 15 is 0 Å². The number of nitrogens with one attached hydrogen (secondary N) is 1. The molecule has 0 radical (unpaired) electrons. The summed E-state index contributed by atoms with van der Waals surface area (Å²) in [7, 11) is 4.10. The molecule has 0 fully saturated rings. The summed E-state index contributed by atoms with van der Waals surface area (Å²) in [5, 5.41) is 1.26. The van der Waals surface area contributed by atoms with E-state index in [4.69, 9.17) is 4.74 Å². The van der Waals surface area contributed by atoms with Crippen molar-refractivity contribution in [1.29, 1.82) is 0 Å². The average molecular weight is 218 g/mol. The minimum atomic E-state index is 0.684.